The highest BCUT2D eigenvalue weighted by Crippen LogP contribution is 2.38. The Labute approximate surface area is 229 Å². The molecule has 2 N–H and O–H groups in total. The number of benzene rings is 1. The summed E-state index contributed by atoms with van der Waals surface area (Å²) in [5, 5.41) is 9.48. The van der Waals surface area contributed by atoms with Gasteiger partial charge < -0.3 is 25.0 Å². The maximum Gasteiger partial charge on any atom is 0.573 e. The number of alkyl halides is 6. The standard InChI is InChI=1S/C22H24F3N5O4.C2HF3O2/c1-21(2)19(32)30(20(33)29(21)12-14-7-9-26-10-8-14)15-5-6-17(34-22(23,24)25)16(11-15)27-18(31)13-28(3)4;3-2(4,5)1(6)7/h5-11H,12-13H2,1-4H3,(H,27,31);(H,6,7). The molecule has 1 aliphatic rings. The summed E-state index contributed by atoms with van der Waals surface area (Å²) in [5.41, 5.74) is -0.810. The van der Waals surface area contributed by atoms with Crippen molar-refractivity contribution in [2.75, 3.05) is 30.9 Å². The lowest BCUT2D eigenvalue weighted by molar-refractivity contribution is -0.274. The van der Waals surface area contributed by atoms with Crippen molar-refractivity contribution >= 4 is 35.2 Å². The number of aliphatic carboxylic acids is 1. The lowest BCUT2D eigenvalue weighted by Crippen LogP contribution is -2.43. The van der Waals surface area contributed by atoms with E-state index in [9.17, 15) is 40.7 Å². The third kappa shape index (κ3) is 8.79. The van der Waals surface area contributed by atoms with Gasteiger partial charge in [-0.3, -0.25) is 14.6 Å². The fraction of sp³-hybridized carbons (Fsp3) is 0.375. The molecule has 1 saturated heterocycles. The molecule has 4 amide bonds. The Morgan fingerprint density at radius 1 is 1.05 bits per heavy atom. The van der Waals surface area contributed by atoms with Gasteiger partial charge >= 0.3 is 24.5 Å². The second-order valence-corrected chi connectivity index (χ2v) is 9.24. The van der Waals surface area contributed by atoms with Crippen molar-refractivity contribution in [2.24, 2.45) is 0 Å². The number of rotatable bonds is 7. The summed E-state index contributed by atoms with van der Waals surface area (Å²) in [6, 6.07) is 5.98. The number of anilines is 2. The van der Waals surface area contributed by atoms with Gasteiger partial charge in [0.25, 0.3) is 5.91 Å². The first kappa shape index (κ1) is 32.8. The van der Waals surface area contributed by atoms with Crippen LogP contribution in [-0.2, 0) is 20.9 Å². The van der Waals surface area contributed by atoms with E-state index >= 15 is 0 Å². The van der Waals surface area contributed by atoms with E-state index in [2.05, 4.69) is 15.0 Å². The van der Waals surface area contributed by atoms with Crippen LogP contribution < -0.4 is 15.0 Å². The van der Waals surface area contributed by atoms with Crippen LogP contribution in [0.2, 0.25) is 0 Å². The molecule has 2 heterocycles. The Balaban J connectivity index is 0.000000745. The van der Waals surface area contributed by atoms with Crippen molar-refractivity contribution in [3.05, 3.63) is 48.3 Å². The summed E-state index contributed by atoms with van der Waals surface area (Å²) in [6.45, 7) is 3.17. The van der Waals surface area contributed by atoms with Gasteiger partial charge in [0.2, 0.25) is 5.91 Å². The van der Waals surface area contributed by atoms with Crippen molar-refractivity contribution < 1.29 is 55.4 Å². The summed E-state index contributed by atoms with van der Waals surface area (Å²) in [5.74, 6) is -4.60. The van der Waals surface area contributed by atoms with E-state index in [1.54, 1.807) is 52.5 Å². The zero-order valence-corrected chi connectivity index (χ0v) is 22.0. The molecule has 0 saturated carbocycles. The first-order chi connectivity index (χ1) is 18.7. The lowest BCUT2D eigenvalue weighted by Gasteiger charge is -2.27. The second kappa shape index (κ2) is 12.4. The highest BCUT2D eigenvalue weighted by atomic mass is 19.4. The monoisotopic (exact) mass is 593 g/mol. The van der Waals surface area contributed by atoms with Crippen LogP contribution in [0.15, 0.2) is 42.7 Å². The van der Waals surface area contributed by atoms with Crippen molar-refractivity contribution in [1.82, 2.24) is 14.8 Å². The number of likely N-dealkylation sites (N-methyl/N-ethyl adjacent to an activating group) is 1. The van der Waals surface area contributed by atoms with E-state index in [4.69, 9.17) is 9.90 Å². The van der Waals surface area contributed by atoms with Gasteiger partial charge in [0.1, 0.15) is 5.54 Å². The predicted molar refractivity (Wildman–Crippen MR) is 131 cm³/mol. The van der Waals surface area contributed by atoms with Crippen molar-refractivity contribution in [2.45, 2.75) is 38.5 Å². The van der Waals surface area contributed by atoms with Gasteiger partial charge in [0.15, 0.2) is 5.75 Å². The quantitative estimate of drug-likeness (QED) is 0.366. The number of hydrogen-bond donors (Lipinski definition) is 2. The van der Waals surface area contributed by atoms with Gasteiger partial charge in [0.05, 0.1) is 17.9 Å². The first-order valence-corrected chi connectivity index (χ1v) is 11.4. The fourth-order valence-corrected chi connectivity index (χ4v) is 3.44. The highest BCUT2D eigenvalue weighted by Gasteiger charge is 2.52. The van der Waals surface area contributed by atoms with Crippen LogP contribution >= 0.6 is 0 Å². The van der Waals surface area contributed by atoms with Crippen LogP contribution in [0.1, 0.15) is 19.4 Å². The molecule has 0 unspecified atom stereocenters. The van der Waals surface area contributed by atoms with E-state index in [0.29, 0.717) is 0 Å². The Morgan fingerprint density at radius 3 is 2.10 bits per heavy atom. The molecule has 1 aliphatic heterocycles. The average molecular weight is 593 g/mol. The predicted octanol–water partition coefficient (Wildman–Crippen LogP) is 3.86. The maximum atomic E-state index is 13.2. The lowest BCUT2D eigenvalue weighted by atomic mass is 10.0. The molecule has 1 fully saturated rings. The third-order valence-corrected chi connectivity index (χ3v) is 5.34. The first-order valence-electron chi connectivity index (χ1n) is 11.4. The Morgan fingerprint density at radius 2 is 1.61 bits per heavy atom. The number of imide groups is 1. The van der Waals surface area contributed by atoms with Crippen LogP contribution in [0.4, 0.5) is 42.5 Å². The number of hydrogen-bond acceptors (Lipinski definition) is 7. The zero-order chi connectivity index (χ0) is 31.3. The topological polar surface area (TPSA) is 132 Å². The molecule has 0 aliphatic carbocycles. The molecule has 2 aromatic rings. The molecule has 0 spiro atoms. The Hall–Kier alpha value is -4.41. The van der Waals surface area contributed by atoms with Gasteiger partial charge in [-0.25, -0.2) is 14.5 Å². The number of halogens is 6. The highest BCUT2D eigenvalue weighted by molar-refractivity contribution is 6.23. The average Bonchev–Trinajstić information content (AvgIpc) is 2.98. The molecule has 3 rings (SSSR count). The summed E-state index contributed by atoms with van der Waals surface area (Å²) in [4.78, 5) is 55.2. The van der Waals surface area contributed by atoms with Crippen LogP contribution in [0.3, 0.4) is 0 Å². The van der Waals surface area contributed by atoms with Crippen molar-refractivity contribution in [3.63, 3.8) is 0 Å². The van der Waals surface area contributed by atoms with E-state index in [0.717, 1.165) is 28.7 Å². The molecule has 1 aromatic heterocycles. The van der Waals surface area contributed by atoms with Gasteiger partial charge in [0, 0.05) is 18.9 Å². The molecule has 0 atom stereocenters. The minimum atomic E-state index is -5.08. The molecular weight excluding hydrogens is 568 g/mol. The van der Waals surface area contributed by atoms with E-state index in [1.807, 2.05) is 0 Å². The largest absolute Gasteiger partial charge is 0.573 e. The molecular formula is C24H25F6N5O6. The minimum absolute atomic E-state index is 0.00465. The maximum absolute atomic E-state index is 13.2. The van der Waals surface area contributed by atoms with E-state index < -0.39 is 47.6 Å². The second-order valence-electron chi connectivity index (χ2n) is 9.24. The molecule has 11 nitrogen and oxygen atoms in total. The summed E-state index contributed by atoms with van der Waals surface area (Å²) in [7, 11) is 3.23. The number of ether oxygens (including phenoxy) is 1. The fourth-order valence-electron chi connectivity index (χ4n) is 3.44. The molecule has 0 bridgehead atoms. The zero-order valence-electron chi connectivity index (χ0n) is 22.0. The van der Waals surface area contributed by atoms with Crippen molar-refractivity contribution in [3.8, 4) is 5.75 Å². The van der Waals surface area contributed by atoms with Crippen molar-refractivity contribution in [1.29, 1.82) is 0 Å². The number of carboxylic acids is 1. The smallest absolute Gasteiger partial charge is 0.475 e. The number of amides is 4. The van der Waals surface area contributed by atoms with Crippen LogP contribution in [0, 0.1) is 0 Å². The Bertz CT molecular complexity index is 1280. The number of pyridine rings is 1. The molecule has 224 valence electrons. The molecule has 1 aromatic carbocycles. The van der Waals surface area contributed by atoms with E-state index in [-0.39, 0.29) is 24.5 Å². The molecule has 17 heteroatoms. The number of urea groups is 1. The van der Waals surface area contributed by atoms with Gasteiger partial charge in [-0.15, -0.1) is 13.2 Å². The third-order valence-electron chi connectivity index (χ3n) is 5.34. The minimum Gasteiger partial charge on any atom is -0.475 e. The van der Waals surface area contributed by atoms with Gasteiger partial charge in [-0.2, -0.15) is 13.2 Å². The SMILES string of the molecule is CN(C)CC(=O)Nc1cc(N2C(=O)N(Cc3ccncc3)C(C)(C)C2=O)ccc1OC(F)(F)F.O=C(O)C(F)(F)F. The van der Waals surface area contributed by atoms with Crippen LogP contribution in [0.5, 0.6) is 5.75 Å². The summed E-state index contributed by atoms with van der Waals surface area (Å²) >= 11 is 0. The number of carbonyl (C=O) groups is 4. The van der Waals surface area contributed by atoms with Gasteiger partial charge in [-0.05, 0) is 63.8 Å². The summed E-state index contributed by atoms with van der Waals surface area (Å²) in [6.07, 6.45) is -6.97. The summed E-state index contributed by atoms with van der Waals surface area (Å²) < 4.78 is 74.4. The number of carbonyl (C=O) groups excluding carboxylic acids is 3. The number of nitrogens with one attached hydrogen (secondary N) is 1. The molecule has 0 radical (unpaired) electrons. The normalized spacial score (nSPS) is 15.0. The number of aromatic nitrogens is 1. The Kier molecular flexibility index (Phi) is 9.92. The van der Waals surface area contributed by atoms with Gasteiger partial charge in [-0.1, -0.05) is 0 Å². The number of nitrogens with zero attached hydrogens (tertiary/aromatic N) is 4. The van der Waals surface area contributed by atoms with Crippen LogP contribution in [-0.4, -0.2) is 82.4 Å². The number of carboxylic acid groups (broad SMARTS) is 1. The van der Waals surface area contributed by atoms with Crippen LogP contribution in [0.25, 0.3) is 0 Å². The molecule has 41 heavy (non-hydrogen) atoms. The van der Waals surface area contributed by atoms with E-state index in [1.165, 1.54) is 9.80 Å².